The standard InChI is InChI=1S/C32H26N2O3S2/c1-22-9-12-25-5-2-3-8-30(25)32(22)39-34(20-28-16-15-27(18-33)37-28)19-23-10-13-24(14-11-23)26-6-4-7-29(17-26)38-21-31(35)36/h2-17H,19-21H2,1H3,(H,35,36). The van der Waals surface area contributed by atoms with Crippen molar-refractivity contribution in [2.24, 2.45) is 0 Å². The summed E-state index contributed by atoms with van der Waals surface area (Å²) in [5.41, 5.74) is 4.48. The van der Waals surface area contributed by atoms with Crippen molar-refractivity contribution in [2.75, 3.05) is 5.75 Å². The molecule has 0 saturated heterocycles. The van der Waals surface area contributed by atoms with Gasteiger partial charge in [0.05, 0.1) is 12.3 Å². The predicted molar refractivity (Wildman–Crippen MR) is 157 cm³/mol. The zero-order chi connectivity index (χ0) is 27.2. The second-order valence-electron chi connectivity index (χ2n) is 9.11. The number of hydrogen-bond acceptors (Lipinski definition) is 6. The maximum Gasteiger partial charge on any atom is 0.313 e. The first-order valence-electron chi connectivity index (χ1n) is 12.4. The Hall–Kier alpha value is -3.96. The van der Waals surface area contributed by atoms with Crippen LogP contribution in [0.4, 0.5) is 0 Å². The normalized spacial score (nSPS) is 11.1. The van der Waals surface area contributed by atoms with E-state index in [1.165, 1.54) is 33.0 Å². The van der Waals surface area contributed by atoms with Crippen LogP contribution in [0.15, 0.2) is 111 Å². The lowest BCUT2D eigenvalue weighted by Gasteiger charge is -2.22. The number of benzene rings is 4. The fourth-order valence-corrected chi connectivity index (χ4v) is 6.17. The van der Waals surface area contributed by atoms with E-state index in [0.29, 0.717) is 18.8 Å². The maximum atomic E-state index is 10.9. The van der Waals surface area contributed by atoms with Crippen molar-refractivity contribution in [3.63, 3.8) is 0 Å². The summed E-state index contributed by atoms with van der Waals surface area (Å²) < 4.78 is 7.98. The lowest BCUT2D eigenvalue weighted by atomic mass is 10.0. The highest BCUT2D eigenvalue weighted by molar-refractivity contribution is 8.00. The van der Waals surface area contributed by atoms with Crippen molar-refractivity contribution < 1.29 is 14.3 Å². The van der Waals surface area contributed by atoms with Crippen LogP contribution in [0.5, 0.6) is 0 Å². The molecule has 5 rings (SSSR count). The second kappa shape index (κ2) is 12.3. The molecule has 0 bridgehead atoms. The van der Waals surface area contributed by atoms with E-state index in [1.54, 1.807) is 18.0 Å². The number of nitrogens with zero attached hydrogens (tertiary/aromatic N) is 2. The number of furan rings is 1. The highest BCUT2D eigenvalue weighted by Gasteiger charge is 2.16. The summed E-state index contributed by atoms with van der Waals surface area (Å²) in [5.74, 6) is 0.264. The van der Waals surface area contributed by atoms with E-state index in [0.717, 1.165) is 27.3 Å². The highest BCUT2D eigenvalue weighted by atomic mass is 32.2. The van der Waals surface area contributed by atoms with Gasteiger partial charge in [0.15, 0.2) is 0 Å². The third-order valence-corrected chi connectivity index (χ3v) is 8.46. The van der Waals surface area contributed by atoms with E-state index < -0.39 is 5.97 Å². The number of aryl methyl sites for hydroxylation is 1. The molecule has 7 heteroatoms. The molecule has 0 radical (unpaired) electrons. The number of hydrogen-bond donors (Lipinski definition) is 1. The van der Waals surface area contributed by atoms with Crippen LogP contribution in [0, 0.1) is 18.3 Å². The molecule has 5 nitrogen and oxygen atoms in total. The third-order valence-electron chi connectivity index (χ3n) is 6.24. The van der Waals surface area contributed by atoms with Crippen LogP contribution in [0.2, 0.25) is 0 Å². The molecule has 1 aromatic heterocycles. The van der Waals surface area contributed by atoms with Gasteiger partial charge in [0.25, 0.3) is 0 Å². The predicted octanol–water partition coefficient (Wildman–Crippen LogP) is 8.17. The van der Waals surface area contributed by atoms with Gasteiger partial charge in [0.2, 0.25) is 5.76 Å². The number of nitriles is 1. The molecule has 0 unspecified atom stereocenters. The van der Waals surface area contributed by atoms with Gasteiger partial charge in [-0.1, -0.05) is 72.8 Å². The molecule has 0 amide bonds. The Morgan fingerprint density at radius 3 is 2.51 bits per heavy atom. The quantitative estimate of drug-likeness (QED) is 0.139. The summed E-state index contributed by atoms with van der Waals surface area (Å²) in [6.07, 6.45) is 0. The van der Waals surface area contributed by atoms with Crippen molar-refractivity contribution in [1.82, 2.24) is 4.31 Å². The summed E-state index contributed by atoms with van der Waals surface area (Å²) in [6, 6.07) is 34.7. The molecule has 0 aliphatic heterocycles. The molecule has 1 heterocycles. The van der Waals surface area contributed by atoms with E-state index >= 15 is 0 Å². The number of thioether (sulfide) groups is 1. The van der Waals surface area contributed by atoms with Gasteiger partial charge >= 0.3 is 5.97 Å². The van der Waals surface area contributed by atoms with Gasteiger partial charge in [-0.05, 0) is 76.2 Å². The van der Waals surface area contributed by atoms with Crippen LogP contribution >= 0.6 is 23.7 Å². The molecular formula is C32H26N2O3S2. The monoisotopic (exact) mass is 550 g/mol. The van der Waals surface area contributed by atoms with Gasteiger partial charge in [-0.25, -0.2) is 4.31 Å². The Labute approximate surface area is 236 Å². The maximum absolute atomic E-state index is 10.9. The zero-order valence-electron chi connectivity index (χ0n) is 21.3. The van der Waals surface area contributed by atoms with Gasteiger partial charge < -0.3 is 9.52 Å². The second-order valence-corrected chi connectivity index (χ2v) is 11.3. The minimum absolute atomic E-state index is 0.0393. The molecule has 0 atom stereocenters. The zero-order valence-corrected chi connectivity index (χ0v) is 23.0. The lowest BCUT2D eigenvalue weighted by Crippen LogP contribution is -2.15. The summed E-state index contributed by atoms with van der Waals surface area (Å²) in [7, 11) is 0. The SMILES string of the molecule is Cc1ccc2ccccc2c1SN(Cc1ccc(-c2cccc(SCC(=O)O)c2)cc1)Cc1ccc(C#N)o1. The average Bonchev–Trinajstić information content (AvgIpc) is 3.41. The summed E-state index contributed by atoms with van der Waals surface area (Å²) in [6.45, 7) is 3.34. The van der Waals surface area contributed by atoms with Gasteiger partial charge in [-0.15, -0.1) is 11.8 Å². The lowest BCUT2D eigenvalue weighted by molar-refractivity contribution is -0.133. The van der Waals surface area contributed by atoms with E-state index in [-0.39, 0.29) is 5.75 Å². The third kappa shape index (κ3) is 6.73. The van der Waals surface area contributed by atoms with Crippen molar-refractivity contribution in [3.05, 3.63) is 120 Å². The van der Waals surface area contributed by atoms with Gasteiger partial charge in [0, 0.05) is 16.3 Å². The molecular weight excluding hydrogens is 524 g/mol. The number of carbonyl (C=O) groups is 1. The van der Waals surface area contributed by atoms with Gasteiger partial charge in [0.1, 0.15) is 11.8 Å². The fourth-order valence-electron chi connectivity index (χ4n) is 4.34. The molecule has 39 heavy (non-hydrogen) atoms. The molecule has 0 fully saturated rings. The van der Waals surface area contributed by atoms with Crippen LogP contribution < -0.4 is 0 Å². The largest absolute Gasteiger partial charge is 0.481 e. The Kier molecular flexibility index (Phi) is 8.38. The molecule has 4 aromatic carbocycles. The van der Waals surface area contributed by atoms with Crippen LogP contribution in [0.3, 0.4) is 0 Å². The molecule has 0 spiro atoms. The molecule has 0 saturated carbocycles. The van der Waals surface area contributed by atoms with E-state index in [4.69, 9.17) is 9.52 Å². The molecule has 1 N–H and O–H groups in total. The minimum Gasteiger partial charge on any atom is -0.481 e. The topological polar surface area (TPSA) is 77.5 Å². The van der Waals surface area contributed by atoms with Crippen LogP contribution in [-0.4, -0.2) is 21.1 Å². The molecule has 5 aromatic rings. The smallest absolute Gasteiger partial charge is 0.313 e. The summed E-state index contributed by atoms with van der Waals surface area (Å²) in [4.78, 5) is 13.1. The molecule has 0 aliphatic carbocycles. The molecule has 0 aliphatic rings. The Morgan fingerprint density at radius 2 is 1.74 bits per heavy atom. The number of rotatable bonds is 10. The van der Waals surface area contributed by atoms with Crippen LogP contribution in [-0.2, 0) is 17.9 Å². The summed E-state index contributed by atoms with van der Waals surface area (Å²) in [5, 5.41) is 20.6. The Balaban J connectivity index is 1.39. The van der Waals surface area contributed by atoms with Crippen molar-refractivity contribution in [2.45, 2.75) is 29.8 Å². The first-order valence-corrected chi connectivity index (χ1v) is 14.2. The Bertz CT molecular complexity index is 1650. The van der Waals surface area contributed by atoms with Gasteiger partial charge in [-0.2, -0.15) is 5.26 Å². The fraction of sp³-hybridized carbons (Fsp3) is 0.125. The van der Waals surface area contributed by atoms with E-state index in [9.17, 15) is 10.1 Å². The van der Waals surface area contributed by atoms with E-state index in [1.807, 2.05) is 30.3 Å². The highest BCUT2D eigenvalue weighted by Crippen LogP contribution is 2.36. The van der Waals surface area contributed by atoms with Crippen molar-refractivity contribution in [1.29, 1.82) is 5.26 Å². The van der Waals surface area contributed by atoms with Crippen molar-refractivity contribution in [3.8, 4) is 17.2 Å². The number of carboxylic acids is 1. The summed E-state index contributed by atoms with van der Waals surface area (Å²) >= 11 is 3.02. The minimum atomic E-state index is -0.825. The number of carboxylic acid groups (broad SMARTS) is 1. The van der Waals surface area contributed by atoms with Crippen LogP contribution in [0.1, 0.15) is 22.6 Å². The molecule has 194 valence electrons. The first kappa shape index (κ1) is 26.6. The average molecular weight is 551 g/mol. The number of fused-ring (bicyclic) bond motifs is 1. The van der Waals surface area contributed by atoms with Gasteiger partial charge in [-0.3, -0.25) is 4.79 Å². The van der Waals surface area contributed by atoms with E-state index in [2.05, 4.69) is 78.0 Å². The number of aliphatic carboxylic acids is 1. The first-order chi connectivity index (χ1) is 19.0. The Morgan fingerprint density at radius 1 is 0.923 bits per heavy atom. The van der Waals surface area contributed by atoms with Crippen LogP contribution in [0.25, 0.3) is 21.9 Å². The van der Waals surface area contributed by atoms with Crippen molar-refractivity contribution >= 4 is 40.5 Å².